The van der Waals surface area contributed by atoms with Gasteiger partial charge in [0, 0.05) is 53.7 Å². The summed E-state index contributed by atoms with van der Waals surface area (Å²) in [5, 5.41) is 0. The first kappa shape index (κ1) is 46.4. The van der Waals surface area contributed by atoms with Gasteiger partial charge in [0.25, 0.3) is 0 Å². The molecule has 0 atom stereocenters. The van der Waals surface area contributed by atoms with Gasteiger partial charge in [-0.1, -0.05) is 165 Å². The number of rotatable bonds is 17. The van der Waals surface area contributed by atoms with E-state index in [1.807, 2.05) is 11.3 Å². The molecule has 0 unspecified atom stereocenters. The number of carbonyl (C=O) groups is 1. The van der Waals surface area contributed by atoms with Crippen molar-refractivity contribution >= 4 is 68.8 Å². The SMILES string of the molecule is CCCCCCc1cc(C=O)sc1-c1ccc(-c2sc(-c3ccc(N(c4ccc5c(c4)C(C)(C)c4ccccc4-5)c4ccc5c(c4)C(C)(C)c4ccccc4-5)cc3)cc2CCCCCC)c2nsnc12. The van der Waals surface area contributed by atoms with Gasteiger partial charge in [0.05, 0.1) is 16.6 Å². The molecule has 11 rings (SSSR count). The Balaban J connectivity index is 0.984. The lowest BCUT2D eigenvalue weighted by Crippen LogP contribution is -2.18. The topological polar surface area (TPSA) is 46.1 Å². The summed E-state index contributed by atoms with van der Waals surface area (Å²) in [7, 11) is 0. The molecule has 70 heavy (non-hydrogen) atoms. The van der Waals surface area contributed by atoms with E-state index < -0.39 is 0 Å². The van der Waals surface area contributed by atoms with Gasteiger partial charge in [0.15, 0.2) is 6.29 Å². The largest absolute Gasteiger partial charge is 0.310 e. The molecule has 0 bridgehead atoms. The smallest absolute Gasteiger partial charge is 0.160 e. The van der Waals surface area contributed by atoms with Crippen LogP contribution in [-0.2, 0) is 23.7 Å². The van der Waals surface area contributed by atoms with Gasteiger partial charge in [-0.25, -0.2) is 0 Å². The molecule has 6 aromatic carbocycles. The Bertz CT molecular complexity index is 3300. The number of carbonyl (C=O) groups excluding carboxylic acids is 1. The number of fused-ring (bicyclic) bond motifs is 7. The number of unbranched alkanes of at least 4 members (excludes halogenated alkanes) is 6. The highest BCUT2D eigenvalue weighted by atomic mass is 32.1. The summed E-state index contributed by atoms with van der Waals surface area (Å²) in [6, 6.07) is 50.4. The average molecular weight is 972 g/mol. The van der Waals surface area contributed by atoms with Crippen LogP contribution in [0.4, 0.5) is 17.1 Å². The van der Waals surface area contributed by atoms with Gasteiger partial charge < -0.3 is 4.90 Å². The fraction of sp³-hybridized carbons (Fsp3) is 0.286. The van der Waals surface area contributed by atoms with Crippen molar-refractivity contribution < 1.29 is 4.79 Å². The number of aldehydes is 1. The third-order valence-electron chi connectivity index (χ3n) is 15.3. The number of nitrogens with zero attached hydrogens (tertiary/aromatic N) is 3. The molecule has 2 aliphatic rings. The van der Waals surface area contributed by atoms with E-state index >= 15 is 0 Å². The molecular weight excluding hydrogens is 911 g/mol. The third-order valence-corrected chi connectivity index (χ3v) is 18.2. The van der Waals surface area contributed by atoms with E-state index in [1.54, 1.807) is 11.3 Å². The van der Waals surface area contributed by atoms with Crippen molar-refractivity contribution in [2.24, 2.45) is 0 Å². The third kappa shape index (κ3) is 8.08. The molecule has 0 saturated heterocycles. The van der Waals surface area contributed by atoms with Crippen LogP contribution < -0.4 is 4.90 Å². The van der Waals surface area contributed by atoms with Gasteiger partial charge in [0.1, 0.15) is 11.0 Å². The first-order chi connectivity index (χ1) is 34.1. The highest BCUT2D eigenvalue weighted by Gasteiger charge is 2.38. The van der Waals surface area contributed by atoms with E-state index in [9.17, 15) is 4.79 Å². The molecule has 0 saturated carbocycles. The molecule has 0 aliphatic heterocycles. The summed E-state index contributed by atoms with van der Waals surface area (Å²) < 4.78 is 9.95. The molecule has 3 heterocycles. The number of hydrogen-bond acceptors (Lipinski definition) is 7. The predicted octanol–water partition coefficient (Wildman–Crippen LogP) is 19.0. The normalized spacial score (nSPS) is 13.9. The van der Waals surface area contributed by atoms with Crippen molar-refractivity contribution in [2.45, 2.75) is 117 Å². The van der Waals surface area contributed by atoms with Crippen molar-refractivity contribution in [2.75, 3.05) is 4.90 Å². The lowest BCUT2D eigenvalue weighted by Gasteiger charge is -2.30. The minimum absolute atomic E-state index is 0.120. The minimum atomic E-state index is -0.120. The zero-order chi connectivity index (χ0) is 48.1. The summed E-state index contributed by atoms with van der Waals surface area (Å²) in [4.78, 5) is 19.0. The maximum Gasteiger partial charge on any atom is 0.160 e. The molecule has 3 aromatic heterocycles. The second kappa shape index (κ2) is 19.0. The second-order valence-corrected chi connectivity index (χ2v) is 23.2. The van der Waals surface area contributed by atoms with Crippen LogP contribution in [0.25, 0.3) is 64.6 Å². The van der Waals surface area contributed by atoms with E-state index in [2.05, 4.69) is 180 Å². The number of aromatic nitrogens is 2. The molecule has 9 aromatic rings. The van der Waals surface area contributed by atoms with Gasteiger partial charge in [-0.15, -0.1) is 22.7 Å². The van der Waals surface area contributed by atoms with Gasteiger partial charge in [-0.3, -0.25) is 4.79 Å². The van der Waals surface area contributed by atoms with Gasteiger partial charge in [-0.05, 0) is 135 Å². The Kier molecular flexibility index (Phi) is 12.6. The minimum Gasteiger partial charge on any atom is -0.310 e. The van der Waals surface area contributed by atoms with Crippen LogP contribution in [0, 0.1) is 0 Å². The molecule has 0 radical (unpaired) electrons. The second-order valence-electron chi connectivity index (χ2n) is 20.5. The van der Waals surface area contributed by atoms with Crippen LogP contribution in [0.15, 0.2) is 133 Å². The zero-order valence-corrected chi connectivity index (χ0v) is 43.8. The number of aryl methyl sites for hydroxylation is 2. The summed E-state index contributed by atoms with van der Waals surface area (Å²) in [5.74, 6) is 0. The fourth-order valence-corrected chi connectivity index (χ4v) is 14.4. The molecule has 352 valence electrons. The van der Waals surface area contributed by atoms with Crippen LogP contribution in [0.5, 0.6) is 0 Å². The molecule has 2 aliphatic carbocycles. The van der Waals surface area contributed by atoms with Crippen LogP contribution >= 0.6 is 34.4 Å². The lowest BCUT2D eigenvalue weighted by atomic mass is 9.82. The van der Waals surface area contributed by atoms with Crippen LogP contribution in [0.1, 0.15) is 136 Å². The van der Waals surface area contributed by atoms with Gasteiger partial charge >= 0.3 is 0 Å². The maximum absolute atomic E-state index is 12.1. The first-order valence-electron chi connectivity index (χ1n) is 25.5. The van der Waals surface area contributed by atoms with E-state index in [0.29, 0.717) is 0 Å². The summed E-state index contributed by atoms with van der Waals surface area (Å²) in [6.07, 6.45) is 12.5. The zero-order valence-electron chi connectivity index (χ0n) is 41.3. The molecule has 4 nitrogen and oxygen atoms in total. The monoisotopic (exact) mass is 971 g/mol. The standard InChI is InChI=1S/C63H61N3OS3/c1-7-9-11-13-19-41-35-46(39-67)68-60(41)51-33-34-52(59-58(51)64-70-65-59)61-42(20-14-12-10-8-2)36-57(69-61)40-25-27-43(28-26-40)66(44-29-31-49-47-21-15-17-23-53(47)62(3,4)55(49)37-44)45-30-32-50-48-22-16-18-24-54(48)63(5,6)56(50)38-45/h15-18,21-39H,7-14,19-20H2,1-6H3. The van der Waals surface area contributed by atoms with E-state index in [-0.39, 0.29) is 10.8 Å². The van der Waals surface area contributed by atoms with Crippen LogP contribution in [0.3, 0.4) is 0 Å². The number of benzene rings is 6. The number of thiophene rings is 2. The summed E-state index contributed by atoms with van der Waals surface area (Å²) in [6.45, 7) is 14.0. The van der Waals surface area contributed by atoms with Crippen molar-refractivity contribution in [1.82, 2.24) is 8.75 Å². The first-order valence-corrected chi connectivity index (χ1v) is 27.8. The van der Waals surface area contributed by atoms with E-state index in [0.717, 1.165) is 80.9 Å². The van der Waals surface area contributed by atoms with Gasteiger partial charge in [0.2, 0.25) is 0 Å². The lowest BCUT2D eigenvalue weighted by molar-refractivity contribution is 0.112. The molecule has 7 heteroatoms. The van der Waals surface area contributed by atoms with Gasteiger partial charge in [-0.2, -0.15) is 8.75 Å². The van der Waals surface area contributed by atoms with Crippen LogP contribution in [0.2, 0.25) is 0 Å². The van der Waals surface area contributed by atoms with Crippen molar-refractivity contribution in [1.29, 1.82) is 0 Å². The Labute approximate surface area is 426 Å². The average Bonchev–Trinajstić information content (AvgIpc) is 4.22. The summed E-state index contributed by atoms with van der Waals surface area (Å²) >= 11 is 4.76. The number of hydrogen-bond donors (Lipinski definition) is 0. The fourth-order valence-electron chi connectivity index (χ4n) is 11.5. The quantitative estimate of drug-likeness (QED) is 0.0674. The van der Waals surface area contributed by atoms with E-state index in [4.69, 9.17) is 8.75 Å². The van der Waals surface area contributed by atoms with Crippen molar-refractivity contribution in [3.8, 4) is 53.6 Å². The highest BCUT2D eigenvalue weighted by Crippen LogP contribution is 2.54. The van der Waals surface area contributed by atoms with Crippen molar-refractivity contribution in [3.63, 3.8) is 0 Å². The molecular formula is C63H61N3OS3. The van der Waals surface area contributed by atoms with E-state index in [1.165, 1.54) is 121 Å². The summed E-state index contributed by atoms with van der Waals surface area (Å²) in [5.41, 5.74) is 22.0. The predicted molar refractivity (Wildman–Crippen MR) is 300 cm³/mol. The highest BCUT2D eigenvalue weighted by molar-refractivity contribution is 7.19. The Hall–Kier alpha value is -5.99. The maximum atomic E-state index is 12.1. The molecule has 0 N–H and O–H groups in total. The Morgan fingerprint density at radius 2 is 0.957 bits per heavy atom. The molecule has 0 fully saturated rings. The number of anilines is 3. The Morgan fingerprint density at radius 1 is 0.486 bits per heavy atom. The van der Waals surface area contributed by atoms with Crippen LogP contribution in [-0.4, -0.2) is 15.0 Å². The Morgan fingerprint density at radius 3 is 1.49 bits per heavy atom. The van der Waals surface area contributed by atoms with Crippen molar-refractivity contribution in [3.05, 3.63) is 172 Å². The molecule has 0 amide bonds. The molecule has 0 spiro atoms.